The Morgan fingerprint density at radius 3 is 2.65 bits per heavy atom. The molecule has 0 spiro atoms. The molecule has 5 nitrogen and oxygen atoms in total. The lowest BCUT2D eigenvalue weighted by molar-refractivity contribution is 0.0690. The number of anilines is 1. The van der Waals surface area contributed by atoms with Crippen LogP contribution in [0.4, 0.5) is 5.69 Å². The topological polar surface area (TPSA) is 69.2 Å². The maximum Gasteiger partial charge on any atom is 0.353 e. The highest BCUT2D eigenvalue weighted by molar-refractivity contribution is 9.10. The Kier molecular flexibility index (Phi) is 3.48. The van der Waals surface area contributed by atoms with E-state index in [1.807, 2.05) is 12.1 Å². The fourth-order valence-electron chi connectivity index (χ4n) is 2.46. The molecule has 6 heteroatoms. The minimum atomic E-state index is -1.00. The first-order valence-corrected chi connectivity index (χ1v) is 7.28. The molecule has 104 valence electrons. The van der Waals surface area contributed by atoms with Crippen molar-refractivity contribution in [3.63, 3.8) is 0 Å². The molecule has 0 radical (unpaired) electrons. The number of carboxylic acid groups (broad SMARTS) is 1. The second kappa shape index (κ2) is 5.28. The summed E-state index contributed by atoms with van der Waals surface area (Å²) in [5.74, 6) is -1.00. The van der Waals surface area contributed by atoms with Gasteiger partial charge in [-0.2, -0.15) is 5.10 Å². The fraction of sp³-hybridized carbons (Fsp3) is 0.286. The Labute approximate surface area is 124 Å². The molecule has 1 saturated heterocycles. The van der Waals surface area contributed by atoms with Gasteiger partial charge >= 0.3 is 5.97 Å². The molecule has 0 amide bonds. The van der Waals surface area contributed by atoms with E-state index < -0.39 is 5.97 Å². The van der Waals surface area contributed by atoms with Crippen LogP contribution in [0.2, 0.25) is 0 Å². The molecule has 20 heavy (non-hydrogen) atoms. The van der Waals surface area contributed by atoms with Crippen LogP contribution in [0.1, 0.15) is 23.3 Å². The lowest BCUT2D eigenvalue weighted by Crippen LogP contribution is -2.17. The van der Waals surface area contributed by atoms with Gasteiger partial charge in [-0.05, 0) is 47.0 Å². The molecule has 0 unspecified atom stereocenters. The van der Waals surface area contributed by atoms with Crippen LogP contribution in [0.25, 0.3) is 11.3 Å². The Morgan fingerprint density at radius 1 is 1.30 bits per heavy atom. The minimum absolute atomic E-state index is 0.0970. The van der Waals surface area contributed by atoms with Gasteiger partial charge in [-0.3, -0.25) is 5.10 Å². The van der Waals surface area contributed by atoms with E-state index in [-0.39, 0.29) is 5.69 Å². The second-order valence-corrected chi connectivity index (χ2v) is 5.69. The molecule has 2 aromatic rings. The summed E-state index contributed by atoms with van der Waals surface area (Å²) in [5.41, 5.74) is 2.81. The number of aromatic amines is 1. The standard InChI is InChI=1S/C14H14BrN3O2/c15-10-7-9(11-8-12(14(19)20)17-16-11)3-4-13(10)18-5-1-2-6-18/h3-4,7-8H,1-2,5-6H2,(H,16,17)(H,19,20). The summed E-state index contributed by atoms with van der Waals surface area (Å²) in [6, 6.07) is 7.55. The number of nitrogens with one attached hydrogen (secondary N) is 1. The van der Waals surface area contributed by atoms with Crippen LogP contribution in [0.3, 0.4) is 0 Å². The third-order valence-electron chi connectivity index (χ3n) is 3.50. The molecule has 3 rings (SSSR count). The highest BCUT2D eigenvalue weighted by Crippen LogP contribution is 2.32. The van der Waals surface area contributed by atoms with Crippen LogP contribution in [0, 0.1) is 0 Å². The van der Waals surface area contributed by atoms with Crippen molar-refractivity contribution in [1.29, 1.82) is 0 Å². The maximum absolute atomic E-state index is 10.9. The van der Waals surface area contributed by atoms with Gasteiger partial charge in [0.25, 0.3) is 0 Å². The Morgan fingerprint density at radius 2 is 2.05 bits per heavy atom. The molecular formula is C14H14BrN3O2. The molecule has 0 atom stereocenters. The zero-order chi connectivity index (χ0) is 14.1. The van der Waals surface area contributed by atoms with Gasteiger partial charge in [0.2, 0.25) is 0 Å². The van der Waals surface area contributed by atoms with Crippen LogP contribution < -0.4 is 4.90 Å². The van der Waals surface area contributed by atoms with Crippen molar-refractivity contribution in [1.82, 2.24) is 10.2 Å². The predicted molar refractivity (Wildman–Crippen MR) is 80.1 cm³/mol. The molecule has 2 N–H and O–H groups in total. The zero-order valence-electron chi connectivity index (χ0n) is 10.8. The van der Waals surface area contributed by atoms with Gasteiger partial charge in [0.05, 0.1) is 11.4 Å². The SMILES string of the molecule is O=C(O)c1cc(-c2ccc(N3CCCC3)c(Br)c2)n[nH]1. The largest absolute Gasteiger partial charge is 0.477 e. The number of hydrogen-bond acceptors (Lipinski definition) is 3. The van der Waals surface area contributed by atoms with Gasteiger partial charge in [-0.25, -0.2) is 4.79 Å². The molecule has 1 aliphatic heterocycles. The quantitative estimate of drug-likeness (QED) is 0.904. The molecule has 0 bridgehead atoms. The number of rotatable bonds is 3. The monoisotopic (exact) mass is 335 g/mol. The number of hydrogen-bond donors (Lipinski definition) is 2. The summed E-state index contributed by atoms with van der Waals surface area (Å²) in [4.78, 5) is 13.2. The van der Waals surface area contributed by atoms with Gasteiger partial charge < -0.3 is 10.0 Å². The van der Waals surface area contributed by atoms with Crippen molar-refractivity contribution in [2.45, 2.75) is 12.8 Å². The number of aromatic carboxylic acids is 1. The van der Waals surface area contributed by atoms with Gasteiger partial charge in [0, 0.05) is 23.1 Å². The highest BCUT2D eigenvalue weighted by atomic mass is 79.9. The molecule has 0 aliphatic carbocycles. The fourth-order valence-corrected chi connectivity index (χ4v) is 3.09. The van der Waals surface area contributed by atoms with Gasteiger partial charge in [0.1, 0.15) is 5.69 Å². The molecule has 2 heterocycles. The van der Waals surface area contributed by atoms with Crippen molar-refractivity contribution in [2.75, 3.05) is 18.0 Å². The average Bonchev–Trinajstić information content (AvgIpc) is 3.10. The first-order valence-electron chi connectivity index (χ1n) is 6.49. The van der Waals surface area contributed by atoms with Gasteiger partial charge in [0.15, 0.2) is 0 Å². The van der Waals surface area contributed by atoms with Crippen molar-refractivity contribution in [3.8, 4) is 11.3 Å². The zero-order valence-corrected chi connectivity index (χ0v) is 12.4. The van der Waals surface area contributed by atoms with Crippen LogP contribution in [-0.4, -0.2) is 34.4 Å². The van der Waals surface area contributed by atoms with Crippen LogP contribution in [-0.2, 0) is 0 Å². The lowest BCUT2D eigenvalue weighted by atomic mass is 10.1. The third kappa shape index (κ3) is 2.43. The highest BCUT2D eigenvalue weighted by Gasteiger charge is 2.16. The summed E-state index contributed by atoms with van der Waals surface area (Å²) in [7, 11) is 0. The normalized spacial score (nSPS) is 14.8. The number of carboxylic acids is 1. The summed E-state index contributed by atoms with van der Waals surface area (Å²) in [6.07, 6.45) is 2.46. The number of H-pyrrole nitrogens is 1. The average molecular weight is 336 g/mol. The van der Waals surface area contributed by atoms with E-state index in [0.717, 1.165) is 23.1 Å². The molecule has 0 saturated carbocycles. The van der Waals surface area contributed by atoms with E-state index in [2.05, 4.69) is 37.1 Å². The maximum atomic E-state index is 10.9. The van der Waals surface area contributed by atoms with Crippen molar-refractivity contribution < 1.29 is 9.90 Å². The number of aromatic nitrogens is 2. The van der Waals surface area contributed by atoms with E-state index in [4.69, 9.17) is 5.11 Å². The minimum Gasteiger partial charge on any atom is -0.477 e. The molecule has 1 aromatic carbocycles. The summed E-state index contributed by atoms with van der Waals surface area (Å²) >= 11 is 3.59. The van der Waals surface area contributed by atoms with E-state index in [1.54, 1.807) is 6.07 Å². The first kappa shape index (κ1) is 13.2. The van der Waals surface area contributed by atoms with Crippen molar-refractivity contribution in [3.05, 3.63) is 34.4 Å². The molecule has 1 aliphatic rings. The second-order valence-electron chi connectivity index (χ2n) is 4.83. The van der Waals surface area contributed by atoms with E-state index in [0.29, 0.717) is 5.69 Å². The van der Waals surface area contributed by atoms with Crippen molar-refractivity contribution in [2.24, 2.45) is 0 Å². The van der Waals surface area contributed by atoms with Gasteiger partial charge in [-0.1, -0.05) is 6.07 Å². The van der Waals surface area contributed by atoms with Crippen LogP contribution in [0.15, 0.2) is 28.7 Å². The van der Waals surface area contributed by atoms with Gasteiger partial charge in [-0.15, -0.1) is 0 Å². The molecule has 1 aromatic heterocycles. The molecule has 1 fully saturated rings. The summed E-state index contributed by atoms with van der Waals surface area (Å²) < 4.78 is 1.01. The predicted octanol–water partition coefficient (Wildman–Crippen LogP) is 3.14. The number of halogens is 1. The molecular weight excluding hydrogens is 322 g/mol. The first-order chi connectivity index (χ1) is 9.65. The van der Waals surface area contributed by atoms with E-state index in [1.165, 1.54) is 18.5 Å². The number of benzene rings is 1. The Hall–Kier alpha value is -1.82. The smallest absolute Gasteiger partial charge is 0.353 e. The Bertz CT molecular complexity index is 648. The third-order valence-corrected chi connectivity index (χ3v) is 4.13. The summed E-state index contributed by atoms with van der Waals surface area (Å²) in [6.45, 7) is 2.17. The Balaban J connectivity index is 1.90. The number of carbonyl (C=O) groups is 1. The van der Waals surface area contributed by atoms with E-state index >= 15 is 0 Å². The number of nitrogens with zero attached hydrogens (tertiary/aromatic N) is 2. The van der Waals surface area contributed by atoms with Crippen LogP contribution >= 0.6 is 15.9 Å². The summed E-state index contributed by atoms with van der Waals surface area (Å²) in [5, 5.41) is 15.5. The lowest BCUT2D eigenvalue weighted by Gasteiger charge is -2.19. The van der Waals surface area contributed by atoms with Crippen molar-refractivity contribution >= 4 is 27.6 Å². The van der Waals surface area contributed by atoms with Crippen LogP contribution in [0.5, 0.6) is 0 Å². The van der Waals surface area contributed by atoms with E-state index in [9.17, 15) is 4.79 Å².